The fourth-order valence-electron chi connectivity index (χ4n) is 6.49. The molecule has 226 valence electrons. The second-order valence-corrected chi connectivity index (χ2v) is 12.0. The SMILES string of the molecule is Cc1cccc([C@@H]2CN(C3CCOCC3)C(=O)N2C2CCN(Cc3ccc(Oc4ccc(C(=O)O)cc4)nc3Cl)CC2)c1. The van der Waals surface area contributed by atoms with Crippen LogP contribution in [0.15, 0.2) is 60.7 Å². The van der Waals surface area contributed by atoms with Gasteiger partial charge in [0.1, 0.15) is 10.9 Å². The van der Waals surface area contributed by atoms with E-state index in [1.54, 1.807) is 18.2 Å². The molecule has 10 heteroatoms. The predicted octanol–water partition coefficient (Wildman–Crippen LogP) is 6.16. The van der Waals surface area contributed by atoms with Crippen LogP contribution in [0, 0.1) is 6.92 Å². The second-order valence-electron chi connectivity index (χ2n) is 11.7. The van der Waals surface area contributed by atoms with Gasteiger partial charge in [-0.1, -0.05) is 41.4 Å². The first-order valence-electron chi connectivity index (χ1n) is 15.0. The maximum atomic E-state index is 13.9. The topological polar surface area (TPSA) is 95.4 Å². The van der Waals surface area contributed by atoms with Gasteiger partial charge in [-0.3, -0.25) is 4.90 Å². The summed E-state index contributed by atoms with van der Waals surface area (Å²) in [6.45, 7) is 6.64. The summed E-state index contributed by atoms with van der Waals surface area (Å²) in [6.07, 6.45) is 3.59. The molecule has 0 spiro atoms. The van der Waals surface area contributed by atoms with Crippen molar-refractivity contribution in [2.45, 2.75) is 57.3 Å². The molecule has 2 aromatic carbocycles. The summed E-state index contributed by atoms with van der Waals surface area (Å²) in [5, 5.41) is 9.46. The third-order valence-electron chi connectivity index (χ3n) is 8.80. The highest BCUT2D eigenvalue weighted by Gasteiger charge is 2.45. The number of halogens is 1. The van der Waals surface area contributed by atoms with Crippen LogP contribution in [0.3, 0.4) is 0 Å². The van der Waals surface area contributed by atoms with E-state index in [1.165, 1.54) is 23.3 Å². The van der Waals surface area contributed by atoms with Gasteiger partial charge in [0.2, 0.25) is 5.88 Å². The van der Waals surface area contributed by atoms with Crippen LogP contribution in [-0.4, -0.2) is 81.7 Å². The Morgan fingerprint density at radius 2 is 1.77 bits per heavy atom. The molecule has 0 aliphatic carbocycles. The summed E-state index contributed by atoms with van der Waals surface area (Å²) in [7, 11) is 0. The lowest BCUT2D eigenvalue weighted by Crippen LogP contribution is -2.48. The number of urea groups is 1. The molecule has 3 aromatic rings. The number of nitrogens with zero attached hydrogens (tertiary/aromatic N) is 4. The number of carbonyl (C=O) groups excluding carboxylic acids is 1. The van der Waals surface area contributed by atoms with Gasteiger partial charge in [-0.2, -0.15) is 0 Å². The number of aromatic carboxylic acids is 1. The summed E-state index contributed by atoms with van der Waals surface area (Å²) < 4.78 is 11.4. The lowest BCUT2D eigenvalue weighted by atomic mass is 9.98. The Kier molecular flexibility index (Phi) is 8.83. The number of aromatic nitrogens is 1. The standard InChI is InChI=1S/C33H37ClN4O5/c1-22-3-2-4-24(19-22)29-21-37(26-13-17-42-18-14-26)33(41)38(29)27-11-15-36(16-12-27)20-25-7-10-30(35-31(25)34)43-28-8-5-23(6-9-28)32(39)40/h2-10,19,26-27,29H,11-18,20-21H2,1H3,(H,39,40)/t29-/m0/s1. The van der Waals surface area contributed by atoms with Crippen LogP contribution < -0.4 is 4.74 Å². The lowest BCUT2D eigenvalue weighted by molar-refractivity contribution is 0.0493. The minimum Gasteiger partial charge on any atom is -0.478 e. The van der Waals surface area contributed by atoms with Crippen molar-refractivity contribution < 1.29 is 24.2 Å². The van der Waals surface area contributed by atoms with E-state index in [0.29, 0.717) is 36.5 Å². The Hall–Kier alpha value is -3.66. The van der Waals surface area contributed by atoms with E-state index in [4.69, 9.17) is 26.2 Å². The van der Waals surface area contributed by atoms with E-state index in [0.717, 1.165) is 50.9 Å². The number of amides is 2. The third-order valence-corrected chi connectivity index (χ3v) is 9.13. The first-order valence-corrected chi connectivity index (χ1v) is 15.4. The van der Waals surface area contributed by atoms with E-state index in [-0.39, 0.29) is 29.7 Å². The van der Waals surface area contributed by atoms with E-state index < -0.39 is 5.97 Å². The van der Waals surface area contributed by atoms with Gasteiger partial charge in [0.15, 0.2) is 0 Å². The molecule has 6 rings (SSSR count). The minimum atomic E-state index is -0.990. The predicted molar refractivity (Wildman–Crippen MR) is 163 cm³/mol. The molecule has 0 unspecified atom stereocenters. The minimum absolute atomic E-state index is 0.0540. The third kappa shape index (κ3) is 6.64. The fourth-order valence-corrected chi connectivity index (χ4v) is 6.70. The second kappa shape index (κ2) is 12.9. The van der Waals surface area contributed by atoms with Gasteiger partial charge in [-0.25, -0.2) is 14.6 Å². The molecule has 9 nitrogen and oxygen atoms in total. The highest BCUT2D eigenvalue weighted by atomic mass is 35.5. The van der Waals surface area contributed by atoms with Gasteiger partial charge in [0.25, 0.3) is 0 Å². The van der Waals surface area contributed by atoms with Crippen LogP contribution in [-0.2, 0) is 11.3 Å². The smallest absolute Gasteiger partial charge is 0.335 e. The molecular weight excluding hydrogens is 568 g/mol. The number of hydrogen-bond acceptors (Lipinski definition) is 6. The maximum absolute atomic E-state index is 13.9. The van der Waals surface area contributed by atoms with Gasteiger partial charge in [0, 0.05) is 63.1 Å². The normalized spacial score (nSPS) is 20.5. The molecule has 3 aliphatic rings. The van der Waals surface area contributed by atoms with Crippen LogP contribution >= 0.6 is 11.6 Å². The highest BCUT2D eigenvalue weighted by molar-refractivity contribution is 6.30. The van der Waals surface area contributed by atoms with Crippen molar-refractivity contribution in [2.24, 2.45) is 0 Å². The van der Waals surface area contributed by atoms with E-state index in [2.05, 4.69) is 50.9 Å². The molecule has 0 saturated carbocycles. The van der Waals surface area contributed by atoms with E-state index in [9.17, 15) is 9.59 Å². The van der Waals surface area contributed by atoms with E-state index in [1.807, 2.05) is 6.07 Å². The number of carbonyl (C=O) groups is 2. The Morgan fingerprint density at radius 3 is 2.44 bits per heavy atom. The van der Waals surface area contributed by atoms with Crippen LogP contribution in [0.4, 0.5) is 4.79 Å². The summed E-state index contributed by atoms with van der Waals surface area (Å²) >= 11 is 6.56. The molecular formula is C33H37ClN4O5. The number of carboxylic acids is 1. The van der Waals surface area contributed by atoms with Crippen molar-refractivity contribution in [1.29, 1.82) is 0 Å². The van der Waals surface area contributed by atoms with Crippen LogP contribution in [0.1, 0.15) is 58.8 Å². The molecule has 2 amide bonds. The zero-order chi connectivity index (χ0) is 29.9. The average molecular weight is 605 g/mol. The number of piperidine rings is 1. The lowest BCUT2D eigenvalue weighted by Gasteiger charge is -2.39. The van der Waals surface area contributed by atoms with Gasteiger partial charge in [0.05, 0.1) is 11.6 Å². The van der Waals surface area contributed by atoms with Crippen LogP contribution in [0.5, 0.6) is 11.6 Å². The number of pyridine rings is 1. The fraction of sp³-hybridized carbons (Fsp3) is 0.424. The number of hydrogen-bond donors (Lipinski definition) is 1. The average Bonchev–Trinajstić information content (AvgIpc) is 3.36. The van der Waals surface area contributed by atoms with Crippen molar-refractivity contribution in [3.63, 3.8) is 0 Å². The molecule has 3 saturated heterocycles. The van der Waals surface area contributed by atoms with Crippen molar-refractivity contribution in [2.75, 3.05) is 32.8 Å². The Balaban J connectivity index is 1.09. The van der Waals surface area contributed by atoms with Gasteiger partial charge < -0.3 is 24.4 Å². The first-order chi connectivity index (χ1) is 20.9. The monoisotopic (exact) mass is 604 g/mol. The first kappa shape index (κ1) is 29.4. The Bertz CT molecular complexity index is 1450. The van der Waals surface area contributed by atoms with Crippen molar-refractivity contribution in [3.05, 3.63) is 88.1 Å². The number of carboxylic acid groups (broad SMARTS) is 1. The number of rotatable bonds is 8. The van der Waals surface area contributed by atoms with Crippen molar-refractivity contribution in [3.8, 4) is 11.6 Å². The Labute approximate surface area is 257 Å². The van der Waals surface area contributed by atoms with Gasteiger partial charge in [-0.15, -0.1) is 0 Å². The van der Waals surface area contributed by atoms with Crippen LogP contribution in [0.25, 0.3) is 0 Å². The molecule has 3 aliphatic heterocycles. The quantitative estimate of drug-likeness (QED) is 0.308. The molecule has 4 heterocycles. The molecule has 0 bridgehead atoms. The molecule has 1 aromatic heterocycles. The van der Waals surface area contributed by atoms with E-state index >= 15 is 0 Å². The number of benzene rings is 2. The number of ether oxygens (including phenoxy) is 2. The number of likely N-dealkylation sites (tertiary alicyclic amines) is 1. The summed E-state index contributed by atoms with van der Waals surface area (Å²) in [6, 6.07) is 19.1. The summed E-state index contributed by atoms with van der Waals surface area (Å²) in [5.41, 5.74) is 3.52. The van der Waals surface area contributed by atoms with Gasteiger partial charge >= 0.3 is 12.0 Å². The highest BCUT2D eigenvalue weighted by Crippen LogP contribution is 2.37. The van der Waals surface area contributed by atoms with Gasteiger partial charge in [-0.05, 0) is 68.5 Å². The largest absolute Gasteiger partial charge is 0.478 e. The zero-order valence-corrected chi connectivity index (χ0v) is 25.1. The van der Waals surface area contributed by atoms with Crippen molar-refractivity contribution in [1.82, 2.24) is 19.7 Å². The Morgan fingerprint density at radius 1 is 1.02 bits per heavy atom. The molecule has 0 radical (unpaired) electrons. The summed E-state index contributed by atoms with van der Waals surface area (Å²) in [4.78, 5) is 36.1. The molecule has 43 heavy (non-hydrogen) atoms. The number of aryl methyl sites for hydroxylation is 1. The van der Waals surface area contributed by atoms with Crippen molar-refractivity contribution >= 4 is 23.6 Å². The maximum Gasteiger partial charge on any atom is 0.335 e. The van der Waals surface area contributed by atoms with Crippen LogP contribution in [0.2, 0.25) is 5.15 Å². The molecule has 1 atom stereocenters. The summed E-state index contributed by atoms with van der Waals surface area (Å²) in [5.74, 6) is -0.158. The molecule has 1 N–H and O–H groups in total. The molecule has 3 fully saturated rings. The zero-order valence-electron chi connectivity index (χ0n) is 24.3.